The Kier molecular flexibility index (Phi) is 3.69. The zero-order chi connectivity index (χ0) is 14.8. The Balaban J connectivity index is 2.20. The molecule has 1 fully saturated rings. The van der Waals surface area contributed by atoms with Gasteiger partial charge >= 0.3 is 5.97 Å². The highest BCUT2D eigenvalue weighted by Gasteiger charge is 2.41. The Labute approximate surface area is 114 Å². The number of hydrogen-bond acceptors (Lipinski definition) is 4. The molecule has 0 heterocycles. The molecule has 2 rings (SSSR count). The molecule has 0 spiro atoms. The van der Waals surface area contributed by atoms with Crippen molar-refractivity contribution in [1.82, 2.24) is 5.32 Å². The number of amides is 1. The van der Waals surface area contributed by atoms with Gasteiger partial charge in [-0.05, 0) is 25.3 Å². The van der Waals surface area contributed by atoms with Crippen molar-refractivity contribution in [2.45, 2.75) is 31.2 Å². The molecule has 0 aromatic heterocycles. The summed E-state index contributed by atoms with van der Waals surface area (Å²) in [6.07, 6.45) is 1.82. The van der Waals surface area contributed by atoms with Crippen molar-refractivity contribution in [3.8, 4) is 0 Å². The van der Waals surface area contributed by atoms with E-state index in [-0.39, 0.29) is 17.7 Å². The van der Waals surface area contributed by atoms with Crippen LogP contribution in [0.2, 0.25) is 0 Å². The van der Waals surface area contributed by atoms with Crippen LogP contribution in [0.5, 0.6) is 0 Å². The Morgan fingerprint density at radius 2 is 2.00 bits per heavy atom. The van der Waals surface area contributed by atoms with Crippen LogP contribution in [0.4, 0.5) is 5.69 Å². The van der Waals surface area contributed by atoms with Gasteiger partial charge in [-0.25, -0.2) is 0 Å². The summed E-state index contributed by atoms with van der Waals surface area (Å²) in [5, 5.41) is 22.4. The van der Waals surface area contributed by atoms with E-state index < -0.39 is 22.3 Å². The lowest BCUT2D eigenvalue weighted by atomic mass is 9.74. The number of carbonyl (C=O) groups is 2. The lowest BCUT2D eigenvalue weighted by molar-refractivity contribution is -0.385. The van der Waals surface area contributed by atoms with E-state index in [1.807, 2.05) is 0 Å². The van der Waals surface area contributed by atoms with Crippen molar-refractivity contribution in [3.63, 3.8) is 0 Å². The second kappa shape index (κ2) is 5.28. The van der Waals surface area contributed by atoms with Crippen LogP contribution in [0.25, 0.3) is 0 Å². The van der Waals surface area contributed by atoms with Crippen molar-refractivity contribution in [1.29, 1.82) is 0 Å². The molecule has 0 saturated heterocycles. The third kappa shape index (κ3) is 2.76. The maximum absolute atomic E-state index is 12.2. The Hall–Kier alpha value is -2.44. The summed E-state index contributed by atoms with van der Waals surface area (Å²) in [4.78, 5) is 33.3. The largest absolute Gasteiger partial charge is 0.481 e. The number of benzene rings is 1. The highest BCUT2D eigenvalue weighted by molar-refractivity contribution is 5.98. The minimum absolute atomic E-state index is 0.0471. The molecule has 0 bridgehead atoms. The number of rotatable bonds is 5. The molecule has 0 radical (unpaired) electrons. The molecule has 1 amide bonds. The van der Waals surface area contributed by atoms with Crippen LogP contribution in [0.15, 0.2) is 24.3 Å². The molecule has 106 valence electrons. The molecule has 0 atom stereocenters. The van der Waals surface area contributed by atoms with Crippen molar-refractivity contribution >= 4 is 17.6 Å². The van der Waals surface area contributed by atoms with Gasteiger partial charge in [-0.1, -0.05) is 12.1 Å². The number of carbonyl (C=O) groups excluding carboxylic acids is 1. The van der Waals surface area contributed by atoms with Crippen molar-refractivity contribution in [2.24, 2.45) is 0 Å². The number of carboxylic acids is 1. The van der Waals surface area contributed by atoms with E-state index in [9.17, 15) is 19.7 Å². The Morgan fingerprint density at radius 1 is 1.35 bits per heavy atom. The fourth-order valence-electron chi connectivity index (χ4n) is 2.37. The number of para-hydroxylation sites is 1. The molecule has 7 nitrogen and oxygen atoms in total. The van der Waals surface area contributed by atoms with Gasteiger partial charge in [0.2, 0.25) is 0 Å². The van der Waals surface area contributed by atoms with Crippen molar-refractivity contribution < 1.29 is 19.6 Å². The second-order valence-corrected chi connectivity index (χ2v) is 4.93. The summed E-state index contributed by atoms with van der Waals surface area (Å²) < 4.78 is 0. The molecule has 1 aliphatic rings. The monoisotopic (exact) mass is 278 g/mol. The van der Waals surface area contributed by atoms with E-state index >= 15 is 0 Å². The number of nitro benzene ring substituents is 1. The quantitative estimate of drug-likeness (QED) is 0.629. The molecule has 1 saturated carbocycles. The van der Waals surface area contributed by atoms with E-state index in [4.69, 9.17) is 5.11 Å². The lowest BCUT2D eigenvalue weighted by Crippen LogP contribution is -2.54. The summed E-state index contributed by atoms with van der Waals surface area (Å²) >= 11 is 0. The van der Waals surface area contributed by atoms with Gasteiger partial charge in [0.1, 0.15) is 5.56 Å². The van der Waals surface area contributed by atoms with Crippen LogP contribution in [0, 0.1) is 10.1 Å². The molecule has 20 heavy (non-hydrogen) atoms. The topological polar surface area (TPSA) is 110 Å². The molecular formula is C13H14N2O5. The maximum Gasteiger partial charge on any atom is 0.305 e. The standard InChI is InChI=1S/C13H14N2O5/c16-11(17)8-13(6-3-7-13)14-12(18)9-4-1-2-5-10(9)15(19)20/h1-2,4-5H,3,6-8H2,(H,14,18)(H,16,17). The van der Waals surface area contributed by atoms with Crippen molar-refractivity contribution in [2.75, 3.05) is 0 Å². The van der Waals surface area contributed by atoms with Crippen molar-refractivity contribution in [3.05, 3.63) is 39.9 Å². The maximum atomic E-state index is 12.2. The van der Waals surface area contributed by atoms with Gasteiger partial charge in [0.05, 0.1) is 16.9 Å². The number of aliphatic carboxylic acids is 1. The van der Waals surface area contributed by atoms with Gasteiger partial charge in [0.25, 0.3) is 11.6 Å². The zero-order valence-corrected chi connectivity index (χ0v) is 10.7. The van der Waals surface area contributed by atoms with Crippen LogP contribution in [-0.4, -0.2) is 27.4 Å². The van der Waals surface area contributed by atoms with E-state index in [2.05, 4.69) is 5.32 Å². The SMILES string of the molecule is O=C(O)CC1(NC(=O)c2ccccc2[N+](=O)[O-])CCC1. The molecular weight excluding hydrogens is 264 g/mol. The number of nitro groups is 1. The highest BCUT2D eigenvalue weighted by Crippen LogP contribution is 2.35. The molecule has 1 aromatic rings. The number of carboxylic acid groups (broad SMARTS) is 1. The third-order valence-electron chi connectivity index (χ3n) is 3.52. The van der Waals surface area contributed by atoms with Crippen LogP contribution < -0.4 is 5.32 Å². The summed E-state index contributed by atoms with van der Waals surface area (Å²) in [5.74, 6) is -1.59. The van der Waals surface area contributed by atoms with Crippen LogP contribution in [0.1, 0.15) is 36.0 Å². The van der Waals surface area contributed by atoms with Gasteiger partial charge in [0, 0.05) is 6.07 Å². The second-order valence-electron chi connectivity index (χ2n) is 4.93. The first-order valence-corrected chi connectivity index (χ1v) is 6.21. The number of nitrogens with one attached hydrogen (secondary N) is 1. The number of hydrogen-bond donors (Lipinski definition) is 2. The normalized spacial score (nSPS) is 16.0. The fourth-order valence-corrected chi connectivity index (χ4v) is 2.37. The number of nitrogens with zero attached hydrogens (tertiary/aromatic N) is 1. The Bertz CT molecular complexity index is 566. The van der Waals surface area contributed by atoms with Gasteiger partial charge in [-0.15, -0.1) is 0 Å². The molecule has 0 unspecified atom stereocenters. The summed E-state index contributed by atoms with van der Waals surface area (Å²) in [6, 6.07) is 5.62. The first-order valence-electron chi connectivity index (χ1n) is 6.21. The smallest absolute Gasteiger partial charge is 0.305 e. The van der Waals surface area contributed by atoms with E-state index in [1.165, 1.54) is 24.3 Å². The molecule has 1 aliphatic carbocycles. The summed E-state index contributed by atoms with van der Waals surface area (Å²) in [6.45, 7) is 0. The minimum Gasteiger partial charge on any atom is -0.481 e. The van der Waals surface area contributed by atoms with Gasteiger partial charge < -0.3 is 10.4 Å². The fraction of sp³-hybridized carbons (Fsp3) is 0.385. The van der Waals surface area contributed by atoms with Crippen LogP contribution in [-0.2, 0) is 4.79 Å². The van der Waals surface area contributed by atoms with Gasteiger partial charge in [-0.3, -0.25) is 19.7 Å². The molecule has 0 aliphatic heterocycles. The van der Waals surface area contributed by atoms with E-state index in [0.29, 0.717) is 12.8 Å². The summed E-state index contributed by atoms with van der Waals surface area (Å²) in [5.41, 5.74) is -1.10. The first kappa shape index (κ1) is 14.0. The average molecular weight is 278 g/mol. The molecule has 1 aromatic carbocycles. The highest BCUT2D eigenvalue weighted by atomic mass is 16.6. The average Bonchev–Trinajstić information content (AvgIpc) is 2.35. The van der Waals surface area contributed by atoms with Crippen LogP contribution >= 0.6 is 0 Å². The van der Waals surface area contributed by atoms with Gasteiger partial charge in [-0.2, -0.15) is 0 Å². The summed E-state index contributed by atoms with van der Waals surface area (Å²) in [7, 11) is 0. The van der Waals surface area contributed by atoms with E-state index in [1.54, 1.807) is 0 Å². The molecule has 7 heteroatoms. The lowest BCUT2D eigenvalue weighted by Gasteiger charge is -2.41. The first-order chi connectivity index (χ1) is 9.43. The third-order valence-corrected chi connectivity index (χ3v) is 3.52. The van der Waals surface area contributed by atoms with Gasteiger partial charge in [0.15, 0.2) is 0 Å². The predicted octanol–water partition coefficient (Wildman–Crippen LogP) is 1.72. The zero-order valence-electron chi connectivity index (χ0n) is 10.7. The Morgan fingerprint density at radius 3 is 2.50 bits per heavy atom. The van der Waals surface area contributed by atoms with E-state index in [0.717, 1.165) is 6.42 Å². The molecule has 2 N–H and O–H groups in total. The predicted molar refractivity (Wildman–Crippen MR) is 69.4 cm³/mol. The minimum atomic E-state index is -0.993. The van der Waals surface area contributed by atoms with Crippen LogP contribution in [0.3, 0.4) is 0 Å².